The van der Waals surface area contributed by atoms with Crippen LogP contribution in [0.2, 0.25) is 0 Å². The molecule has 3 N–H and O–H groups in total. The van der Waals surface area contributed by atoms with E-state index in [0.717, 1.165) is 44.5 Å². The number of anilines is 1. The molecular formula is C19H28N4O2. The Kier molecular flexibility index (Phi) is 6.04. The number of nitrogens with zero attached hydrogens (tertiary/aromatic N) is 2. The number of carbonyl (C=O) groups is 2. The first kappa shape index (κ1) is 17.9. The smallest absolute Gasteiger partial charge is 0.238 e. The average molecular weight is 344 g/mol. The molecule has 2 fully saturated rings. The second kappa shape index (κ2) is 8.45. The van der Waals surface area contributed by atoms with E-state index in [2.05, 4.69) is 10.2 Å². The molecule has 3 rings (SSSR count). The number of hydrogen-bond donors (Lipinski definition) is 2. The zero-order valence-electron chi connectivity index (χ0n) is 14.7. The van der Waals surface area contributed by atoms with Gasteiger partial charge in [0.25, 0.3) is 0 Å². The first-order valence-electron chi connectivity index (χ1n) is 9.23. The summed E-state index contributed by atoms with van der Waals surface area (Å²) in [7, 11) is 0. The fourth-order valence-electron chi connectivity index (χ4n) is 3.76. The fraction of sp³-hybridized carbons (Fsp3) is 0.579. The molecule has 1 aromatic carbocycles. The van der Waals surface area contributed by atoms with Crippen LogP contribution in [0.4, 0.5) is 5.69 Å². The van der Waals surface area contributed by atoms with Gasteiger partial charge in [0, 0.05) is 43.8 Å². The summed E-state index contributed by atoms with van der Waals surface area (Å²) in [5, 5.41) is 2.90. The predicted octanol–water partition coefficient (Wildman–Crippen LogP) is 1.29. The van der Waals surface area contributed by atoms with Crippen molar-refractivity contribution < 1.29 is 9.59 Å². The number of nitrogens with one attached hydrogen (secondary N) is 1. The standard InChI is InChI=1S/C19H28N4O2/c20-16-6-4-5-15(13-16)19(25)23-11-9-22(10-12-23)14-18(24)21-17-7-2-1-3-8-17/h1-3,7-8,15-16H,4-6,9-14,20H2,(H,21,24). The van der Waals surface area contributed by atoms with Gasteiger partial charge in [0.15, 0.2) is 0 Å². The first-order valence-corrected chi connectivity index (χ1v) is 9.23. The number of carbonyl (C=O) groups excluding carboxylic acids is 2. The van der Waals surface area contributed by atoms with Crippen molar-refractivity contribution in [2.24, 2.45) is 11.7 Å². The number of benzene rings is 1. The molecule has 1 aliphatic heterocycles. The van der Waals surface area contributed by atoms with E-state index in [1.807, 2.05) is 35.2 Å². The molecule has 0 spiro atoms. The van der Waals surface area contributed by atoms with Crippen LogP contribution in [-0.4, -0.2) is 60.4 Å². The topological polar surface area (TPSA) is 78.7 Å². The summed E-state index contributed by atoms with van der Waals surface area (Å²) in [6, 6.07) is 9.65. The molecule has 1 aliphatic carbocycles. The van der Waals surface area contributed by atoms with Gasteiger partial charge in [0.2, 0.25) is 11.8 Å². The third-order valence-corrected chi connectivity index (χ3v) is 5.17. The Bertz CT molecular complexity index is 584. The number of para-hydroxylation sites is 1. The Morgan fingerprint density at radius 1 is 1.08 bits per heavy atom. The van der Waals surface area contributed by atoms with Crippen LogP contribution in [0.3, 0.4) is 0 Å². The van der Waals surface area contributed by atoms with Crippen molar-refractivity contribution in [3.8, 4) is 0 Å². The highest BCUT2D eigenvalue weighted by Crippen LogP contribution is 2.25. The molecule has 2 atom stereocenters. The molecule has 1 aromatic rings. The summed E-state index contributed by atoms with van der Waals surface area (Å²) in [5.74, 6) is 0.337. The summed E-state index contributed by atoms with van der Waals surface area (Å²) in [5.41, 5.74) is 6.82. The molecule has 2 aliphatic rings. The second-order valence-corrected chi connectivity index (χ2v) is 7.14. The van der Waals surface area contributed by atoms with Crippen LogP contribution >= 0.6 is 0 Å². The number of amides is 2. The van der Waals surface area contributed by atoms with Gasteiger partial charge in [-0.1, -0.05) is 24.6 Å². The van der Waals surface area contributed by atoms with Crippen LogP contribution < -0.4 is 11.1 Å². The molecule has 6 heteroatoms. The van der Waals surface area contributed by atoms with Crippen molar-refractivity contribution in [1.82, 2.24) is 9.80 Å². The van der Waals surface area contributed by atoms with Crippen LogP contribution in [0.15, 0.2) is 30.3 Å². The summed E-state index contributed by atoms with van der Waals surface area (Å²) < 4.78 is 0. The SMILES string of the molecule is NC1CCCC(C(=O)N2CCN(CC(=O)Nc3ccccc3)CC2)C1. The fourth-order valence-corrected chi connectivity index (χ4v) is 3.76. The van der Waals surface area contributed by atoms with Crippen LogP contribution in [0, 0.1) is 5.92 Å². The van der Waals surface area contributed by atoms with E-state index in [9.17, 15) is 9.59 Å². The van der Waals surface area contributed by atoms with Gasteiger partial charge in [0.05, 0.1) is 6.54 Å². The van der Waals surface area contributed by atoms with E-state index < -0.39 is 0 Å². The van der Waals surface area contributed by atoms with Crippen molar-refractivity contribution in [3.63, 3.8) is 0 Å². The maximum Gasteiger partial charge on any atom is 0.238 e. The first-order chi connectivity index (χ1) is 12.1. The summed E-state index contributed by atoms with van der Waals surface area (Å²) in [4.78, 5) is 28.8. The predicted molar refractivity (Wildman–Crippen MR) is 98.0 cm³/mol. The Morgan fingerprint density at radius 2 is 1.80 bits per heavy atom. The van der Waals surface area contributed by atoms with Crippen molar-refractivity contribution in [1.29, 1.82) is 0 Å². The third kappa shape index (κ3) is 5.03. The number of rotatable bonds is 4. The lowest BCUT2D eigenvalue weighted by atomic mass is 9.85. The van der Waals surface area contributed by atoms with Gasteiger partial charge in [-0.25, -0.2) is 0 Å². The highest BCUT2D eigenvalue weighted by atomic mass is 16.2. The third-order valence-electron chi connectivity index (χ3n) is 5.17. The molecular weight excluding hydrogens is 316 g/mol. The minimum Gasteiger partial charge on any atom is -0.340 e. The molecule has 0 bridgehead atoms. The lowest BCUT2D eigenvalue weighted by molar-refractivity contribution is -0.138. The van der Waals surface area contributed by atoms with E-state index in [-0.39, 0.29) is 23.8 Å². The molecule has 2 unspecified atom stereocenters. The number of piperazine rings is 1. The Hall–Kier alpha value is -1.92. The van der Waals surface area contributed by atoms with E-state index in [1.54, 1.807) is 0 Å². The number of hydrogen-bond acceptors (Lipinski definition) is 4. The van der Waals surface area contributed by atoms with Gasteiger partial charge < -0.3 is 16.0 Å². The highest BCUT2D eigenvalue weighted by Gasteiger charge is 2.30. The molecule has 0 aromatic heterocycles. The van der Waals surface area contributed by atoms with E-state index in [0.29, 0.717) is 19.6 Å². The van der Waals surface area contributed by atoms with Gasteiger partial charge in [-0.15, -0.1) is 0 Å². The molecule has 2 amide bonds. The zero-order valence-corrected chi connectivity index (χ0v) is 14.7. The normalized spacial score (nSPS) is 24.8. The average Bonchev–Trinajstić information content (AvgIpc) is 2.62. The maximum atomic E-state index is 12.6. The molecule has 1 saturated heterocycles. The van der Waals surface area contributed by atoms with Crippen LogP contribution in [0.5, 0.6) is 0 Å². The van der Waals surface area contributed by atoms with Gasteiger partial charge in [0.1, 0.15) is 0 Å². The lowest BCUT2D eigenvalue weighted by Gasteiger charge is -2.37. The second-order valence-electron chi connectivity index (χ2n) is 7.14. The minimum absolute atomic E-state index is 0.00997. The quantitative estimate of drug-likeness (QED) is 0.863. The van der Waals surface area contributed by atoms with Crippen molar-refractivity contribution in [2.75, 3.05) is 38.0 Å². The number of nitrogens with two attached hydrogens (primary N) is 1. The van der Waals surface area contributed by atoms with Crippen LogP contribution in [0.25, 0.3) is 0 Å². The molecule has 6 nitrogen and oxygen atoms in total. The largest absolute Gasteiger partial charge is 0.340 e. The molecule has 1 heterocycles. The molecule has 25 heavy (non-hydrogen) atoms. The monoisotopic (exact) mass is 344 g/mol. The Labute approximate surface area is 149 Å². The van der Waals surface area contributed by atoms with E-state index in [4.69, 9.17) is 5.73 Å². The Morgan fingerprint density at radius 3 is 2.48 bits per heavy atom. The minimum atomic E-state index is -0.00997. The lowest BCUT2D eigenvalue weighted by Crippen LogP contribution is -2.52. The summed E-state index contributed by atoms with van der Waals surface area (Å²) >= 11 is 0. The van der Waals surface area contributed by atoms with Crippen molar-refractivity contribution in [3.05, 3.63) is 30.3 Å². The molecule has 0 radical (unpaired) electrons. The maximum absolute atomic E-state index is 12.6. The van der Waals surface area contributed by atoms with Gasteiger partial charge in [-0.05, 0) is 31.4 Å². The summed E-state index contributed by atoms with van der Waals surface area (Å²) in [6.45, 7) is 3.25. The molecule has 136 valence electrons. The Balaban J connectivity index is 1.42. The van der Waals surface area contributed by atoms with Crippen molar-refractivity contribution >= 4 is 17.5 Å². The van der Waals surface area contributed by atoms with Crippen LogP contribution in [0.1, 0.15) is 25.7 Å². The van der Waals surface area contributed by atoms with Gasteiger partial charge in [-0.3, -0.25) is 14.5 Å². The summed E-state index contributed by atoms with van der Waals surface area (Å²) in [6.07, 6.45) is 3.87. The zero-order chi connectivity index (χ0) is 17.6. The van der Waals surface area contributed by atoms with E-state index in [1.165, 1.54) is 0 Å². The van der Waals surface area contributed by atoms with Crippen molar-refractivity contribution in [2.45, 2.75) is 31.7 Å². The van der Waals surface area contributed by atoms with Gasteiger partial charge in [-0.2, -0.15) is 0 Å². The highest BCUT2D eigenvalue weighted by molar-refractivity contribution is 5.92. The van der Waals surface area contributed by atoms with Crippen LogP contribution in [-0.2, 0) is 9.59 Å². The van der Waals surface area contributed by atoms with E-state index >= 15 is 0 Å². The van der Waals surface area contributed by atoms with Gasteiger partial charge >= 0.3 is 0 Å². The molecule has 1 saturated carbocycles.